The van der Waals surface area contributed by atoms with Gasteiger partial charge in [-0.2, -0.15) is 0 Å². The second-order valence-corrected chi connectivity index (χ2v) is 24.5. The number of rotatable bonds is 21. The lowest BCUT2D eigenvalue weighted by molar-refractivity contribution is -0.946. The molecule has 10 rings (SSSR count). The lowest BCUT2D eigenvalue weighted by Crippen LogP contribution is -3.00. The van der Waals surface area contributed by atoms with Gasteiger partial charge in [0.2, 0.25) is 20.0 Å². The molecule has 0 atom stereocenters. The summed E-state index contributed by atoms with van der Waals surface area (Å²) < 4.78 is 52.6. The van der Waals surface area contributed by atoms with E-state index in [1.54, 1.807) is 0 Å². The minimum absolute atomic E-state index is 0. The topological polar surface area (TPSA) is 133 Å². The summed E-state index contributed by atoms with van der Waals surface area (Å²) in [7, 11) is -6.25. The number of sulfonamides is 2. The van der Waals surface area contributed by atoms with Crippen molar-refractivity contribution in [2.45, 2.75) is 115 Å². The fourth-order valence-electron chi connectivity index (χ4n) is 12.4. The Bertz CT molecular complexity index is 2070. The average molecular weight is 1130 g/mol. The molecule has 0 aliphatic carbocycles. The summed E-state index contributed by atoms with van der Waals surface area (Å²) in [5, 5.41) is 24.7. The smallest absolute Gasteiger partial charge is 0.208 e. The molecule has 390 valence electrons. The largest absolute Gasteiger partial charge is 1.00 e. The van der Waals surface area contributed by atoms with E-state index in [0.717, 1.165) is 135 Å². The Labute approximate surface area is 443 Å². The predicted octanol–water partition coefficient (Wildman–Crippen LogP) is 3.10. The molecule has 14 heteroatoms. The number of nitrogens with one attached hydrogen (secondary N) is 2. The highest BCUT2D eigenvalue weighted by molar-refractivity contribution is 7.89. The van der Waals surface area contributed by atoms with Crippen LogP contribution in [0.3, 0.4) is 0 Å². The lowest BCUT2D eigenvalue weighted by Gasteiger charge is -2.60. The molecule has 4 N–H and O–H groups in total. The number of benzene rings is 4. The van der Waals surface area contributed by atoms with E-state index in [2.05, 4.69) is 71.8 Å². The number of piperidine rings is 6. The van der Waals surface area contributed by atoms with Gasteiger partial charge < -0.3 is 53.1 Å². The first-order chi connectivity index (χ1) is 32.5. The zero-order chi connectivity index (χ0) is 48.8. The number of hydrogen-bond donors (Lipinski definition) is 4. The highest BCUT2D eigenvalue weighted by atomic mass is 79.9. The average Bonchev–Trinajstić information content (AvgIpc) is 3.37. The molecule has 0 saturated carbocycles. The summed E-state index contributed by atoms with van der Waals surface area (Å²) in [6.07, 6.45) is 18.5. The normalized spacial score (nSPS) is 23.9. The van der Waals surface area contributed by atoms with Gasteiger partial charge in [-0.1, -0.05) is 174 Å². The Morgan fingerprint density at radius 3 is 0.900 bits per heavy atom. The van der Waals surface area contributed by atoms with Crippen molar-refractivity contribution in [3.05, 3.63) is 144 Å². The Kier molecular flexibility index (Phi) is 22.9. The molecule has 10 nitrogen and oxygen atoms in total. The zero-order valence-electron chi connectivity index (χ0n) is 42.5. The zero-order valence-corrected chi connectivity index (χ0v) is 47.3. The maximum Gasteiger partial charge on any atom is 0.208 e. The van der Waals surface area contributed by atoms with Crippen LogP contribution in [0.5, 0.6) is 0 Å². The molecule has 0 radical (unpaired) electrons. The number of hydrogen-bond acceptors (Lipinski definition) is 6. The van der Waals surface area contributed by atoms with Crippen molar-refractivity contribution in [3.63, 3.8) is 0 Å². The second-order valence-electron chi connectivity index (χ2n) is 20.9. The summed E-state index contributed by atoms with van der Waals surface area (Å²) in [4.78, 5) is 0. The molecule has 70 heavy (non-hydrogen) atoms. The van der Waals surface area contributed by atoms with Gasteiger partial charge in [0.25, 0.3) is 0 Å². The minimum atomic E-state index is -3.12. The third kappa shape index (κ3) is 14.6. The van der Waals surface area contributed by atoms with Gasteiger partial charge in [0.05, 0.1) is 64.9 Å². The molecule has 6 saturated heterocycles. The van der Waals surface area contributed by atoms with E-state index in [1.165, 1.54) is 51.0 Å². The molecule has 0 amide bonds. The van der Waals surface area contributed by atoms with E-state index >= 15 is 0 Å². The number of halogens is 2. The van der Waals surface area contributed by atoms with Crippen molar-refractivity contribution < 1.29 is 70.0 Å². The molecule has 6 aliphatic rings. The Balaban J connectivity index is 0.000000257. The van der Waals surface area contributed by atoms with Crippen molar-refractivity contribution in [2.75, 3.05) is 78.0 Å². The highest BCUT2D eigenvalue weighted by Gasteiger charge is 2.61. The maximum atomic E-state index is 12.4. The molecule has 0 unspecified atom stereocenters. The van der Waals surface area contributed by atoms with Crippen LogP contribution in [0.2, 0.25) is 0 Å². The quantitative estimate of drug-likeness (QED) is 0.0751. The summed E-state index contributed by atoms with van der Waals surface area (Å²) in [6.45, 7) is 13.8. The van der Waals surface area contributed by atoms with Gasteiger partial charge in [-0.05, 0) is 22.3 Å². The van der Waals surface area contributed by atoms with Crippen molar-refractivity contribution >= 4 is 20.0 Å². The molecule has 0 aromatic heterocycles. The summed E-state index contributed by atoms with van der Waals surface area (Å²) in [5.74, 6) is 0. The third-order valence-electron chi connectivity index (χ3n) is 16.5. The summed E-state index contributed by atoms with van der Waals surface area (Å²) in [5.41, 5.74) is 1.60. The van der Waals surface area contributed by atoms with E-state index in [9.17, 15) is 27.0 Å². The van der Waals surface area contributed by atoms with Crippen LogP contribution < -0.4 is 43.4 Å². The van der Waals surface area contributed by atoms with Crippen molar-refractivity contribution in [3.8, 4) is 0 Å². The number of aliphatic hydroxyl groups is 2. The summed E-state index contributed by atoms with van der Waals surface area (Å²) >= 11 is 0. The molecule has 4 aromatic carbocycles. The minimum Gasteiger partial charge on any atom is -1.00 e. The number of nitrogens with zero attached hydrogens (tertiary/aromatic N) is 2. The Morgan fingerprint density at radius 2 is 0.686 bits per heavy atom. The number of unbranched alkanes of at least 4 members (excludes halogenated alkanes) is 5. The second kappa shape index (κ2) is 26.6. The van der Waals surface area contributed by atoms with Crippen LogP contribution in [0.25, 0.3) is 0 Å². The third-order valence-corrected chi connectivity index (χ3v) is 18.0. The Hall–Kier alpha value is -2.50. The fraction of sp³-hybridized carbons (Fsp3) is 0.571. The maximum absolute atomic E-state index is 12.4. The van der Waals surface area contributed by atoms with E-state index in [0.29, 0.717) is 13.1 Å². The molecule has 6 aliphatic heterocycles. The van der Waals surface area contributed by atoms with Crippen LogP contribution in [0.15, 0.2) is 121 Å². The molecule has 6 fully saturated rings. The standard InChI is InChI=1S/2C24H33N2O3S.C8H18.2BrH/c2*1-30(28,29)25-16-8-17-26-18-13-23(14-19-26,15-20-26)24(27,21-9-4-2-5-10-21)22-11-6-3-7-12-22;1-3-5-7-8-6-4-2;;/h2*2-7,9-12,25,27H,8,13-20H2,1H3;3-8H2,1-2H3;2*1H/q2*+1;;;/p-2. The van der Waals surface area contributed by atoms with Gasteiger partial charge in [-0.25, -0.2) is 26.3 Å². The first-order valence-corrected chi connectivity index (χ1v) is 29.5. The Morgan fingerprint density at radius 1 is 0.443 bits per heavy atom. The van der Waals surface area contributed by atoms with Crippen LogP contribution in [-0.4, -0.2) is 114 Å². The first-order valence-electron chi connectivity index (χ1n) is 25.8. The van der Waals surface area contributed by atoms with Gasteiger partial charge in [0.1, 0.15) is 11.2 Å². The van der Waals surface area contributed by atoms with Crippen LogP contribution >= 0.6 is 0 Å². The molecule has 4 aromatic rings. The van der Waals surface area contributed by atoms with Crippen LogP contribution in [-0.2, 0) is 31.2 Å². The fourth-order valence-corrected chi connectivity index (χ4v) is 13.4. The van der Waals surface area contributed by atoms with E-state index < -0.39 is 31.2 Å². The van der Waals surface area contributed by atoms with E-state index in [-0.39, 0.29) is 44.8 Å². The van der Waals surface area contributed by atoms with E-state index in [4.69, 9.17) is 0 Å². The van der Waals surface area contributed by atoms with Gasteiger partial charge in [0, 0.05) is 75.3 Å². The number of quaternary nitrogens is 2. The van der Waals surface area contributed by atoms with Crippen molar-refractivity contribution in [1.29, 1.82) is 0 Å². The van der Waals surface area contributed by atoms with Crippen LogP contribution in [0.4, 0.5) is 0 Å². The first kappa shape index (κ1) is 60.1. The highest BCUT2D eigenvalue weighted by Crippen LogP contribution is 2.59. The van der Waals surface area contributed by atoms with Crippen LogP contribution in [0, 0.1) is 10.8 Å². The lowest BCUT2D eigenvalue weighted by atomic mass is 9.56. The SMILES string of the molecule is CCCCCCCC.CS(=O)(=O)NCCC[N+]12CCC(C(O)(c3ccccc3)c3ccccc3)(CC1)CC2.CS(=O)(=O)NCCC[N+]12CCC(C(O)(c3ccccc3)c3ccccc3)(CC1)CC2.[Br-].[Br-]. The molecular weight excluding hydrogens is 1050 g/mol. The van der Waals surface area contributed by atoms with E-state index in [1.807, 2.05) is 72.8 Å². The van der Waals surface area contributed by atoms with Gasteiger partial charge in [-0.15, -0.1) is 0 Å². The monoisotopic (exact) mass is 1130 g/mol. The van der Waals surface area contributed by atoms with Gasteiger partial charge in [0.15, 0.2) is 0 Å². The molecular formula is C56H84Br2N4O6S2. The van der Waals surface area contributed by atoms with Crippen LogP contribution in [0.1, 0.15) is 126 Å². The molecule has 0 spiro atoms. The molecule has 6 heterocycles. The van der Waals surface area contributed by atoms with Gasteiger partial charge in [-0.3, -0.25) is 0 Å². The number of fused-ring (bicyclic) bond motifs is 6. The van der Waals surface area contributed by atoms with Crippen molar-refractivity contribution in [2.24, 2.45) is 10.8 Å². The predicted molar refractivity (Wildman–Crippen MR) is 278 cm³/mol. The van der Waals surface area contributed by atoms with Gasteiger partial charge >= 0.3 is 0 Å². The van der Waals surface area contributed by atoms with Crippen molar-refractivity contribution in [1.82, 2.24) is 9.44 Å². The molecule has 4 bridgehead atoms. The summed E-state index contributed by atoms with van der Waals surface area (Å²) in [6, 6.07) is 40.6.